The lowest BCUT2D eigenvalue weighted by Gasteiger charge is -2.14. The first-order chi connectivity index (χ1) is 7.28. The van der Waals surface area contributed by atoms with E-state index in [9.17, 15) is 0 Å². The number of rotatable bonds is 3. The van der Waals surface area contributed by atoms with E-state index >= 15 is 0 Å². The molecule has 3 nitrogen and oxygen atoms in total. The minimum absolute atomic E-state index is 0. The van der Waals surface area contributed by atoms with Crippen LogP contribution in [0.3, 0.4) is 0 Å². The maximum Gasteiger partial charge on any atom is 0.0544 e. The molecule has 1 atom stereocenters. The fourth-order valence-corrected chi connectivity index (χ4v) is 2.21. The molecule has 1 aromatic rings. The van der Waals surface area contributed by atoms with Crippen molar-refractivity contribution in [2.45, 2.75) is 13.0 Å². The van der Waals surface area contributed by atoms with Gasteiger partial charge in [0.25, 0.3) is 0 Å². The lowest BCUT2D eigenvalue weighted by atomic mass is 10.1. The van der Waals surface area contributed by atoms with Crippen LogP contribution < -0.4 is 5.73 Å². The molecule has 1 aliphatic rings. The molecule has 5 heteroatoms. The standard InChI is InChI=1S/C11H16BrN3.ClH/c12-10-1-2-11(14-6-10)8-15-4-3-9(5-13)7-15;/h1-2,6,9H,3-5,7-8,13H2;1H. The van der Waals surface area contributed by atoms with E-state index in [1.165, 1.54) is 6.42 Å². The van der Waals surface area contributed by atoms with E-state index < -0.39 is 0 Å². The Labute approximate surface area is 111 Å². The molecular formula is C11H17BrClN3. The van der Waals surface area contributed by atoms with E-state index in [1.807, 2.05) is 12.3 Å². The third-order valence-corrected chi connectivity index (χ3v) is 3.35. The monoisotopic (exact) mass is 305 g/mol. The number of hydrogen-bond acceptors (Lipinski definition) is 3. The van der Waals surface area contributed by atoms with Crippen molar-refractivity contribution in [2.24, 2.45) is 11.7 Å². The number of pyridine rings is 1. The molecule has 1 aromatic heterocycles. The normalized spacial score (nSPS) is 20.8. The van der Waals surface area contributed by atoms with Crippen molar-refractivity contribution >= 4 is 28.3 Å². The molecule has 0 radical (unpaired) electrons. The highest BCUT2D eigenvalue weighted by Gasteiger charge is 2.21. The van der Waals surface area contributed by atoms with E-state index in [0.29, 0.717) is 5.92 Å². The zero-order chi connectivity index (χ0) is 10.7. The molecule has 1 unspecified atom stereocenters. The largest absolute Gasteiger partial charge is 0.330 e. The van der Waals surface area contributed by atoms with Crippen molar-refractivity contribution in [1.82, 2.24) is 9.88 Å². The summed E-state index contributed by atoms with van der Waals surface area (Å²) in [7, 11) is 0. The fraction of sp³-hybridized carbons (Fsp3) is 0.545. The number of hydrogen-bond donors (Lipinski definition) is 1. The topological polar surface area (TPSA) is 42.1 Å². The number of halogens is 2. The second-order valence-corrected chi connectivity index (χ2v) is 5.01. The van der Waals surface area contributed by atoms with Gasteiger partial charge in [0.15, 0.2) is 0 Å². The van der Waals surface area contributed by atoms with Crippen LogP contribution >= 0.6 is 28.3 Å². The highest BCUT2D eigenvalue weighted by molar-refractivity contribution is 9.10. The van der Waals surface area contributed by atoms with Gasteiger partial charge in [0.05, 0.1) is 5.69 Å². The van der Waals surface area contributed by atoms with E-state index in [0.717, 1.165) is 36.3 Å². The SMILES string of the molecule is Cl.NCC1CCN(Cc2ccc(Br)cn2)C1. The Kier molecular flexibility index (Phi) is 5.69. The average molecular weight is 307 g/mol. The Balaban J connectivity index is 0.00000128. The van der Waals surface area contributed by atoms with Gasteiger partial charge in [0.1, 0.15) is 0 Å². The summed E-state index contributed by atoms with van der Waals surface area (Å²) >= 11 is 3.39. The predicted octanol–water partition coefficient (Wildman–Crippen LogP) is 2.05. The van der Waals surface area contributed by atoms with Gasteiger partial charge in [-0.3, -0.25) is 9.88 Å². The first kappa shape index (κ1) is 13.9. The molecule has 0 spiro atoms. The minimum atomic E-state index is 0. The van der Waals surface area contributed by atoms with E-state index in [2.05, 4.69) is 31.9 Å². The van der Waals surface area contributed by atoms with Crippen molar-refractivity contribution in [3.8, 4) is 0 Å². The summed E-state index contributed by atoms with van der Waals surface area (Å²) in [5, 5.41) is 0. The molecule has 2 heterocycles. The zero-order valence-corrected chi connectivity index (χ0v) is 11.5. The van der Waals surface area contributed by atoms with Gasteiger partial charge in [0.2, 0.25) is 0 Å². The second kappa shape index (κ2) is 6.55. The molecule has 16 heavy (non-hydrogen) atoms. The van der Waals surface area contributed by atoms with E-state index in [-0.39, 0.29) is 12.4 Å². The van der Waals surface area contributed by atoms with Gasteiger partial charge in [-0.05, 0) is 53.5 Å². The van der Waals surface area contributed by atoms with Crippen molar-refractivity contribution in [3.63, 3.8) is 0 Å². The van der Waals surface area contributed by atoms with Crippen LogP contribution in [-0.2, 0) is 6.54 Å². The first-order valence-corrected chi connectivity index (χ1v) is 6.10. The lowest BCUT2D eigenvalue weighted by Crippen LogP contribution is -2.23. The second-order valence-electron chi connectivity index (χ2n) is 4.09. The molecule has 2 rings (SSSR count). The van der Waals surface area contributed by atoms with Crippen LogP contribution in [0, 0.1) is 5.92 Å². The third-order valence-electron chi connectivity index (χ3n) is 2.88. The summed E-state index contributed by atoms with van der Waals surface area (Å²) in [5.74, 6) is 0.681. The molecular weight excluding hydrogens is 289 g/mol. The zero-order valence-electron chi connectivity index (χ0n) is 9.10. The predicted molar refractivity (Wildman–Crippen MR) is 71.6 cm³/mol. The van der Waals surface area contributed by atoms with Crippen LogP contribution in [0.15, 0.2) is 22.8 Å². The summed E-state index contributed by atoms with van der Waals surface area (Å²) in [4.78, 5) is 6.80. The van der Waals surface area contributed by atoms with E-state index in [4.69, 9.17) is 5.73 Å². The van der Waals surface area contributed by atoms with Crippen LogP contribution in [0.25, 0.3) is 0 Å². The maximum absolute atomic E-state index is 5.66. The highest BCUT2D eigenvalue weighted by Crippen LogP contribution is 2.17. The van der Waals surface area contributed by atoms with Crippen LogP contribution in [0.5, 0.6) is 0 Å². The lowest BCUT2D eigenvalue weighted by molar-refractivity contribution is 0.314. The Morgan fingerprint density at radius 1 is 1.50 bits per heavy atom. The fourth-order valence-electron chi connectivity index (χ4n) is 1.98. The van der Waals surface area contributed by atoms with Gasteiger partial charge in [-0.1, -0.05) is 0 Å². The number of aromatic nitrogens is 1. The molecule has 1 saturated heterocycles. The maximum atomic E-state index is 5.66. The molecule has 0 amide bonds. The van der Waals surface area contributed by atoms with Gasteiger partial charge in [-0.25, -0.2) is 0 Å². The van der Waals surface area contributed by atoms with Crippen molar-refractivity contribution in [3.05, 3.63) is 28.5 Å². The molecule has 0 bridgehead atoms. The van der Waals surface area contributed by atoms with Crippen LogP contribution in [0.1, 0.15) is 12.1 Å². The number of likely N-dealkylation sites (tertiary alicyclic amines) is 1. The van der Waals surface area contributed by atoms with Crippen LogP contribution in [0.4, 0.5) is 0 Å². The first-order valence-electron chi connectivity index (χ1n) is 5.31. The molecule has 90 valence electrons. The minimum Gasteiger partial charge on any atom is -0.330 e. The van der Waals surface area contributed by atoms with Gasteiger partial charge in [-0.2, -0.15) is 0 Å². The summed E-state index contributed by atoms with van der Waals surface area (Å²) in [5.41, 5.74) is 6.80. The summed E-state index contributed by atoms with van der Waals surface area (Å²) in [6.07, 6.45) is 3.08. The summed E-state index contributed by atoms with van der Waals surface area (Å²) in [6.45, 7) is 4.03. The molecule has 1 fully saturated rings. The number of nitrogens with two attached hydrogens (primary N) is 1. The highest BCUT2D eigenvalue weighted by atomic mass is 79.9. The van der Waals surface area contributed by atoms with Crippen molar-refractivity contribution < 1.29 is 0 Å². The van der Waals surface area contributed by atoms with Crippen LogP contribution in [-0.4, -0.2) is 29.5 Å². The van der Waals surface area contributed by atoms with Crippen molar-refractivity contribution in [2.75, 3.05) is 19.6 Å². The number of nitrogens with zero attached hydrogens (tertiary/aromatic N) is 2. The summed E-state index contributed by atoms with van der Waals surface area (Å²) in [6, 6.07) is 4.11. The molecule has 0 aliphatic carbocycles. The Morgan fingerprint density at radius 3 is 2.88 bits per heavy atom. The average Bonchev–Trinajstić information content (AvgIpc) is 2.69. The molecule has 2 N–H and O–H groups in total. The smallest absolute Gasteiger partial charge is 0.0544 e. The van der Waals surface area contributed by atoms with Gasteiger partial charge < -0.3 is 5.73 Å². The third kappa shape index (κ3) is 3.70. The molecule has 1 aliphatic heterocycles. The van der Waals surface area contributed by atoms with Gasteiger partial charge in [0, 0.05) is 23.8 Å². The Hall–Kier alpha value is -0.160. The Morgan fingerprint density at radius 2 is 2.31 bits per heavy atom. The van der Waals surface area contributed by atoms with Gasteiger partial charge >= 0.3 is 0 Å². The van der Waals surface area contributed by atoms with Crippen molar-refractivity contribution in [1.29, 1.82) is 0 Å². The quantitative estimate of drug-likeness (QED) is 0.929. The molecule has 0 saturated carbocycles. The summed E-state index contributed by atoms with van der Waals surface area (Å²) < 4.78 is 1.03. The van der Waals surface area contributed by atoms with E-state index in [1.54, 1.807) is 0 Å². The molecule has 0 aromatic carbocycles. The van der Waals surface area contributed by atoms with Crippen LogP contribution in [0.2, 0.25) is 0 Å². The van der Waals surface area contributed by atoms with Gasteiger partial charge in [-0.15, -0.1) is 12.4 Å². The Bertz CT molecular complexity index is 318.